The highest BCUT2D eigenvalue weighted by molar-refractivity contribution is 5.15. The largest absolute Gasteiger partial charge is 0.394 e. The first-order valence-electron chi connectivity index (χ1n) is 23.5. The number of hydrogen-bond acceptors (Lipinski definition) is 19. The third kappa shape index (κ3) is 8.68. The maximum Gasteiger partial charge on any atom is 0.187 e. The molecule has 64 heavy (non-hydrogen) atoms. The molecule has 4 heterocycles. The number of aliphatic hydroxyl groups excluding tert-OH is 11. The zero-order chi connectivity index (χ0) is 46.2. The quantitative estimate of drug-likeness (QED) is 0.0712. The van der Waals surface area contributed by atoms with Gasteiger partial charge in [-0.05, 0) is 98.2 Å². The van der Waals surface area contributed by atoms with Gasteiger partial charge < -0.3 is 94.4 Å². The Morgan fingerprint density at radius 3 is 1.83 bits per heavy atom. The second-order valence-electron chi connectivity index (χ2n) is 21.1. The minimum atomic E-state index is -1.66. The zero-order valence-electron chi connectivity index (χ0n) is 37.1. The molecule has 19 heteroatoms. The third-order valence-corrected chi connectivity index (χ3v) is 17.7. The highest BCUT2D eigenvalue weighted by Crippen LogP contribution is 2.71. The molecule has 0 radical (unpaired) electrons. The third-order valence-electron chi connectivity index (χ3n) is 17.7. The molecule has 8 rings (SSSR count). The molecule has 0 aromatic heterocycles. The number of fused-ring (bicyclic) bond motifs is 7. The minimum Gasteiger partial charge on any atom is -0.394 e. The monoisotopic (exact) mass is 918 g/mol. The summed E-state index contributed by atoms with van der Waals surface area (Å²) >= 11 is 0. The van der Waals surface area contributed by atoms with Gasteiger partial charge in [-0.2, -0.15) is 0 Å². The topological polar surface area (TPSA) is 307 Å². The molecular formula is C45H74O19. The van der Waals surface area contributed by atoms with Crippen LogP contribution in [0.5, 0.6) is 0 Å². The van der Waals surface area contributed by atoms with Gasteiger partial charge in [-0.15, -0.1) is 0 Å². The maximum atomic E-state index is 12.0. The molecule has 0 aromatic rings. The van der Waals surface area contributed by atoms with E-state index in [1.54, 1.807) is 0 Å². The van der Waals surface area contributed by atoms with Gasteiger partial charge in [0.15, 0.2) is 24.7 Å². The molecule has 0 unspecified atom stereocenters. The van der Waals surface area contributed by atoms with Crippen LogP contribution in [0, 0.1) is 46.3 Å². The van der Waals surface area contributed by atoms with Gasteiger partial charge in [0.1, 0.15) is 73.2 Å². The summed E-state index contributed by atoms with van der Waals surface area (Å²) in [5.74, 6) is 0.520. The van der Waals surface area contributed by atoms with Crippen LogP contribution < -0.4 is 0 Å². The predicted octanol–water partition coefficient (Wildman–Crippen LogP) is -1.86. The lowest BCUT2D eigenvalue weighted by Gasteiger charge is -2.61. The predicted molar refractivity (Wildman–Crippen MR) is 219 cm³/mol. The molecule has 0 amide bonds. The SMILES string of the molecule is C=C(CC[C@@]1(O)O[C@H]2C[C@H]3[C@@H]4CC[C@@H]5C[C@@H](O[C@@H]6O[C@H](CO[C@@H]7O[C@H](CO)[C@@H](O)[C@H](O)[C@H]7O)[C@@H](O)[C@H](O)[C@H]6O)CC[C@]5(C)[C@H]4CC[C@]3(C)[C@H]2[C@@H]1C)CO[C@@H]1O[C@H](CO)[C@@H](O)[C@H](O)[C@H]1O. The van der Waals surface area contributed by atoms with Crippen LogP contribution in [0.15, 0.2) is 12.2 Å². The number of hydrogen-bond donors (Lipinski definition) is 12. The first-order chi connectivity index (χ1) is 30.3. The Labute approximate surface area is 373 Å². The molecule has 12 N–H and O–H groups in total. The molecule has 26 atom stereocenters. The fourth-order valence-electron chi connectivity index (χ4n) is 13.9. The Hall–Kier alpha value is -1.02. The van der Waals surface area contributed by atoms with Crippen LogP contribution in [0.2, 0.25) is 0 Å². The molecule has 0 spiro atoms. The molecule has 8 fully saturated rings. The van der Waals surface area contributed by atoms with Gasteiger partial charge in [0.25, 0.3) is 0 Å². The second-order valence-corrected chi connectivity index (χ2v) is 21.1. The van der Waals surface area contributed by atoms with Gasteiger partial charge in [0.2, 0.25) is 0 Å². The van der Waals surface area contributed by atoms with Crippen molar-refractivity contribution in [3.63, 3.8) is 0 Å². The number of ether oxygens (including phenoxy) is 7. The summed E-state index contributed by atoms with van der Waals surface area (Å²) in [7, 11) is 0. The van der Waals surface area contributed by atoms with E-state index in [2.05, 4.69) is 27.4 Å². The molecule has 4 aliphatic heterocycles. The first kappa shape index (κ1) is 49.4. The summed E-state index contributed by atoms with van der Waals surface area (Å²) < 4.78 is 41.1. The summed E-state index contributed by atoms with van der Waals surface area (Å²) in [5, 5.41) is 125. The van der Waals surface area contributed by atoms with Crippen LogP contribution in [-0.2, 0) is 33.2 Å². The van der Waals surface area contributed by atoms with E-state index in [-0.39, 0.29) is 41.5 Å². The van der Waals surface area contributed by atoms with Gasteiger partial charge in [0, 0.05) is 12.3 Å². The van der Waals surface area contributed by atoms with Crippen molar-refractivity contribution >= 4 is 0 Å². The Bertz CT molecular complexity index is 1610. The van der Waals surface area contributed by atoms with Gasteiger partial charge in [-0.3, -0.25) is 0 Å². The smallest absolute Gasteiger partial charge is 0.187 e. The van der Waals surface area contributed by atoms with Crippen LogP contribution in [0.25, 0.3) is 0 Å². The second kappa shape index (κ2) is 19.1. The van der Waals surface area contributed by atoms with Crippen molar-refractivity contribution in [1.82, 2.24) is 0 Å². The van der Waals surface area contributed by atoms with Crippen molar-refractivity contribution in [2.75, 3.05) is 26.4 Å². The fourth-order valence-corrected chi connectivity index (χ4v) is 13.9. The lowest BCUT2D eigenvalue weighted by Crippen LogP contribution is -2.62. The van der Waals surface area contributed by atoms with Crippen LogP contribution in [-0.4, -0.2) is 198 Å². The van der Waals surface area contributed by atoms with Crippen molar-refractivity contribution in [2.24, 2.45) is 46.3 Å². The summed E-state index contributed by atoms with van der Waals surface area (Å²) in [6.07, 6.45) is -13.8. The fraction of sp³-hybridized carbons (Fsp3) is 0.956. The Kier molecular flexibility index (Phi) is 14.7. The van der Waals surface area contributed by atoms with Gasteiger partial charge in [-0.25, -0.2) is 0 Å². The molecule has 8 aliphatic rings. The van der Waals surface area contributed by atoms with Gasteiger partial charge in [-0.1, -0.05) is 32.9 Å². The van der Waals surface area contributed by atoms with Crippen LogP contribution >= 0.6 is 0 Å². The van der Waals surface area contributed by atoms with E-state index in [4.69, 9.17) is 33.2 Å². The Balaban J connectivity index is 0.834. The zero-order valence-corrected chi connectivity index (χ0v) is 37.1. The van der Waals surface area contributed by atoms with E-state index in [1.165, 1.54) is 0 Å². The van der Waals surface area contributed by atoms with Crippen LogP contribution in [0.1, 0.15) is 85.0 Å². The summed E-state index contributed by atoms with van der Waals surface area (Å²) in [6, 6.07) is 0. The summed E-state index contributed by atoms with van der Waals surface area (Å²) in [5.41, 5.74) is 0.692. The normalized spacial score (nSPS) is 55.0. The van der Waals surface area contributed by atoms with Crippen LogP contribution in [0.4, 0.5) is 0 Å². The molecule has 4 saturated heterocycles. The van der Waals surface area contributed by atoms with Gasteiger partial charge >= 0.3 is 0 Å². The maximum absolute atomic E-state index is 12.0. The van der Waals surface area contributed by atoms with E-state index in [9.17, 15) is 61.3 Å². The van der Waals surface area contributed by atoms with E-state index >= 15 is 0 Å². The highest BCUT2D eigenvalue weighted by atomic mass is 16.7. The molecule has 4 aliphatic carbocycles. The molecule has 368 valence electrons. The number of aliphatic hydroxyl groups is 12. The molecule has 4 saturated carbocycles. The lowest BCUT2D eigenvalue weighted by atomic mass is 9.44. The highest BCUT2D eigenvalue weighted by Gasteiger charge is 2.68. The molecular weight excluding hydrogens is 844 g/mol. The molecule has 0 aromatic carbocycles. The van der Waals surface area contributed by atoms with Crippen molar-refractivity contribution in [3.8, 4) is 0 Å². The van der Waals surface area contributed by atoms with Crippen molar-refractivity contribution in [2.45, 2.75) is 195 Å². The van der Waals surface area contributed by atoms with E-state index in [0.717, 1.165) is 44.9 Å². The van der Waals surface area contributed by atoms with E-state index in [0.29, 0.717) is 48.5 Å². The molecule has 0 bridgehead atoms. The molecule has 19 nitrogen and oxygen atoms in total. The summed E-state index contributed by atoms with van der Waals surface area (Å²) in [4.78, 5) is 0. The van der Waals surface area contributed by atoms with Crippen LogP contribution in [0.3, 0.4) is 0 Å². The average molecular weight is 919 g/mol. The summed E-state index contributed by atoms with van der Waals surface area (Å²) in [6.45, 7) is 9.38. The number of rotatable bonds is 13. The average Bonchev–Trinajstić information content (AvgIpc) is 3.71. The van der Waals surface area contributed by atoms with Crippen molar-refractivity contribution in [3.05, 3.63) is 12.2 Å². The Morgan fingerprint density at radius 1 is 0.641 bits per heavy atom. The minimum absolute atomic E-state index is 0.00855. The van der Waals surface area contributed by atoms with E-state index < -0.39 is 118 Å². The van der Waals surface area contributed by atoms with Crippen molar-refractivity contribution < 1.29 is 94.4 Å². The van der Waals surface area contributed by atoms with Gasteiger partial charge in [0.05, 0.1) is 38.6 Å². The first-order valence-corrected chi connectivity index (χ1v) is 23.5. The van der Waals surface area contributed by atoms with E-state index in [1.807, 2.05) is 0 Å². The standard InChI is InChI=1S/C45H74O19/c1-19(17-58-40-37(54)34(51)31(48)27(15-46)61-40)7-12-45(57)20(2)30-26(64-45)14-25-23-6-5-21-13-22(8-10-43(21,3)24(23)9-11-44(25,30)4)60-42-39(56)36(53)33(50)29(63-42)18-59-41-38(55)35(52)32(49)28(16-47)62-41/h20-42,46-57H,1,5-18H2,2-4H3/t20-,21+,22-,23+,24-,25-,26-,27+,28+,29+,30-,31+,32+,33+,34-,35-,36-,37+,38+,39+,40+,41+,42+,43-,44-,45+/m0/s1. The lowest BCUT2D eigenvalue weighted by molar-refractivity contribution is -0.338. The Morgan fingerprint density at radius 2 is 1.20 bits per heavy atom. The van der Waals surface area contributed by atoms with Crippen molar-refractivity contribution in [1.29, 1.82) is 0 Å².